The van der Waals surface area contributed by atoms with Crippen LogP contribution in [-0.2, 0) is 12.0 Å². The van der Waals surface area contributed by atoms with E-state index in [9.17, 15) is 5.11 Å². The topological polar surface area (TPSA) is 20.2 Å². The summed E-state index contributed by atoms with van der Waals surface area (Å²) in [6, 6.07) is 2.14. The number of rotatable bonds is 3. The van der Waals surface area contributed by atoms with Crippen LogP contribution in [0.5, 0.6) is 0 Å². The van der Waals surface area contributed by atoms with Gasteiger partial charge in [-0.05, 0) is 35.8 Å². The highest BCUT2D eigenvalue weighted by molar-refractivity contribution is 7.10. The first-order valence-corrected chi connectivity index (χ1v) is 5.89. The normalized spacial score (nSPS) is 32.1. The van der Waals surface area contributed by atoms with Crippen molar-refractivity contribution >= 4 is 11.3 Å². The highest BCUT2D eigenvalue weighted by atomic mass is 32.1. The van der Waals surface area contributed by atoms with Gasteiger partial charge in [-0.2, -0.15) is 0 Å². The maximum atomic E-state index is 10.3. The van der Waals surface area contributed by atoms with Gasteiger partial charge in [-0.1, -0.05) is 20.3 Å². The molecule has 0 radical (unpaired) electrons. The van der Waals surface area contributed by atoms with Crippen molar-refractivity contribution in [1.82, 2.24) is 0 Å². The highest BCUT2D eigenvalue weighted by Gasteiger charge is 2.54. The first kappa shape index (κ1) is 9.22. The molecule has 1 aromatic heterocycles. The molecule has 1 saturated carbocycles. The van der Waals surface area contributed by atoms with Gasteiger partial charge < -0.3 is 5.11 Å². The van der Waals surface area contributed by atoms with Gasteiger partial charge in [0.2, 0.25) is 0 Å². The van der Waals surface area contributed by atoms with Crippen LogP contribution in [0.1, 0.15) is 37.1 Å². The molecule has 2 unspecified atom stereocenters. The van der Waals surface area contributed by atoms with E-state index in [1.807, 2.05) is 0 Å². The quantitative estimate of drug-likeness (QED) is 0.788. The number of hydrogen-bond acceptors (Lipinski definition) is 2. The van der Waals surface area contributed by atoms with Crippen LogP contribution in [0.3, 0.4) is 0 Å². The smallest absolute Gasteiger partial charge is 0.102 e. The van der Waals surface area contributed by atoms with Crippen LogP contribution in [0.2, 0.25) is 0 Å². The molecule has 1 nitrogen and oxygen atoms in total. The molecule has 0 aromatic carbocycles. The van der Waals surface area contributed by atoms with Gasteiger partial charge in [-0.3, -0.25) is 0 Å². The van der Waals surface area contributed by atoms with E-state index >= 15 is 0 Å². The molecule has 2 atom stereocenters. The second kappa shape index (κ2) is 3.10. The Balaban J connectivity index is 2.26. The summed E-state index contributed by atoms with van der Waals surface area (Å²) in [5, 5.41) is 12.4. The van der Waals surface area contributed by atoms with Crippen LogP contribution in [0.4, 0.5) is 0 Å². The Kier molecular flexibility index (Phi) is 2.20. The van der Waals surface area contributed by atoms with Crippen molar-refractivity contribution < 1.29 is 5.11 Å². The van der Waals surface area contributed by atoms with E-state index < -0.39 is 5.60 Å². The van der Waals surface area contributed by atoms with Crippen molar-refractivity contribution in [2.75, 3.05) is 0 Å². The minimum atomic E-state index is -0.450. The van der Waals surface area contributed by atoms with Gasteiger partial charge in [0.1, 0.15) is 5.60 Å². The van der Waals surface area contributed by atoms with E-state index in [0.29, 0.717) is 5.92 Å². The molecular formula is C11H16OS. The largest absolute Gasteiger partial charge is 0.384 e. The summed E-state index contributed by atoms with van der Waals surface area (Å²) in [4.78, 5) is 1.22. The summed E-state index contributed by atoms with van der Waals surface area (Å²) in [6.07, 6.45) is 3.10. The zero-order chi connectivity index (χ0) is 9.47. The molecule has 0 spiro atoms. The van der Waals surface area contributed by atoms with Crippen molar-refractivity contribution in [2.24, 2.45) is 5.92 Å². The SMILES string of the molecule is CCc1ccsc1C1(O)CC1CC. The van der Waals surface area contributed by atoms with Gasteiger partial charge >= 0.3 is 0 Å². The van der Waals surface area contributed by atoms with Crippen LogP contribution in [-0.4, -0.2) is 5.11 Å². The predicted molar refractivity (Wildman–Crippen MR) is 56.0 cm³/mol. The third-order valence-electron chi connectivity index (χ3n) is 3.09. The van der Waals surface area contributed by atoms with Crippen LogP contribution >= 0.6 is 11.3 Å². The van der Waals surface area contributed by atoms with Gasteiger partial charge in [0.05, 0.1) is 0 Å². The van der Waals surface area contributed by atoms with E-state index in [4.69, 9.17) is 0 Å². The number of aryl methyl sites for hydroxylation is 1. The molecule has 0 saturated heterocycles. The minimum Gasteiger partial charge on any atom is -0.384 e. The molecular weight excluding hydrogens is 180 g/mol. The lowest BCUT2D eigenvalue weighted by molar-refractivity contribution is 0.133. The molecule has 13 heavy (non-hydrogen) atoms. The molecule has 1 fully saturated rings. The van der Waals surface area contributed by atoms with Crippen LogP contribution < -0.4 is 0 Å². The summed E-state index contributed by atoms with van der Waals surface area (Å²) in [5.74, 6) is 0.511. The standard InChI is InChI=1S/C11H16OS/c1-3-8-5-6-13-10(8)11(12)7-9(11)4-2/h5-6,9,12H,3-4,7H2,1-2H3. The number of hydrogen-bond donors (Lipinski definition) is 1. The fraction of sp³-hybridized carbons (Fsp3) is 0.636. The van der Waals surface area contributed by atoms with E-state index in [1.165, 1.54) is 10.4 Å². The molecule has 1 aliphatic carbocycles. The minimum absolute atomic E-state index is 0.450. The summed E-state index contributed by atoms with van der Waals surface area (Å²) >= 11 is 1.71. The summed E-state index contributed by atoms with van der Waals surface area (Å²) in [6.45, 7) is 4.31. The number of aliphatic hydroxyl groups is 1. The maximum Gasteiger partial charge on any atom is 0.102 e. The summed E-state index contributed by atoms with van der Waals surface area (Å²) in [7, 11) is 0. The fourth-order valence-corrected chi connectivity index (χ4v) is 3.26. The molecule has 1 aromatic rings. The monoisotopic (exact) mass is 196 g/mol. The van der Waals surface area contributed by atoms with Crippen molar-refractivity contribution in [3.63, 3.8) is 0 Å². The average molecular weight is 196 g/mol. The number of thiophene rings is 1. The van der Waals surface area contributed by atoms with Gasteiger partial charge in [0.25, 0.3) is 0 Å². The van der Waals surface area contributed by atoms with E-state index in [-0.39, 0.29) is 0 Å². The first-order chi connectivity index (χ1) is 6.22. The van der Waals surface area contributed by atoms with Gasteiger partial charge in [0, 0.05) is 4.88 Å². The van der Waals surface area contributed by atoms with Gasteiger partial charge in [-0.25, -0.2) is 0 Å². The third-order valence-corrected chi connectivity index (χ3v) is 4.21. The average Bonchev–Trinajstić information content (AvgIpc) is 2.64. The molecule has 2 rings (SSSR count). The highest BCUT2D eigenvalue weighted by Crippen LogP contribution is 2.56. The Morgan fingerprint density at radius 2 is 2.38 bits per heavy atom. The Bertz CT molecular complexity index is 305. The predicted octanol–water partition coefficient (Wildman–Crippen LogP) is 2.93. The Morgan fingerprint density at radius 3 is 2.92 bits per heavy atom. The third kappa shape index (κ3) is 1.32. The summed E-state index contributed by atoms with van der Waals surface area (Å²) < 4.78 is 0. The Hall–Kier alpha value is -0.340. The van der Waals surface area contributed by atoms with Crippen molar-refractivity contribution in [1.29, 1.82) is 0 Å². The fourth-order valence-electron chi connectivity index (χ4n) is 2.07. The Labute approximate surface area is 83.4 Å². The molecule has 0 bridgehead atoms. The Morgan fingerprint density at radius 1 is 1.62 bits per heavy atom. The second-order valence-electron chi connectivity index (χ2n) is 3.86. The molecule has 0 amide bonds. The second-order valence-corrected chi connectivity index (χ2v) is 4.78. The van der Waals surface area contributed by atoms with Crippen molar-refractivity contribution in [3.8, 4) is 0 Å². The molecule has 1 aliphatic rings. The zero-order valence-corrected chi connectivity index (χ0v) is 9.03. The van der Waals surface area contributed by atoms with Gasteiger partial charge in [0.15, 0.2) is 0 Å². The molecule has 2 heteroatoms. The molecule has 0 aliphatic heterocycles. The van der Waals surface area contributed by atoms with Crippen molar-refractivity contribution in [2.45, 2.75) is 38.7 Å². The van der Waals surface area contributed by atoms with Crippen LogP contribution in [0.15, 0.2) is 11.4 Å². The molecule has 72 valence electrons. The lowest BCUT2D eigenvalue weighted by Crippen LogP contribution is -2.08. The lowest BCUT2D eigenvalue weighted by atomic mass is 10.1. The lowest BCUT2D eigenvalue weighted by Gasteiger charge is -2.09. The molecule has 1 heterocycles. The van der Waals surface area contributed by atoms with E-state index in [0.717, 1.165) is 19.3 Å². The first-order valence-electron chi connectivity index (χ1n) is 5.01. The zero-order valence-electron chi connectivity index (χ0n) is 8.21. The summed E-state index contributed by atoms with van der Waals surface area (Å²) in [5.41, 5.74) is 0.886. The van der Waals surface area contributed by atoms with Crippen LogP contribution in [0.25, 0.3) is 0 Å². The maximum absolute atomic E-state index is 10.3. The van der Waals surface area contributed by atoms with Gasteiger partial charge in [-0.15, -0.1) is 11.3 Å². The van der Waals surface area contributed by atoms with Crippen LogP contribution in [0, 0.1) is 5.92 Å². The van der Waals surface area contributed by atoms with Crippen molar-refractivity contribution in [3.05, 3.63) is 21.9 Å². The van der Waals surface area contributed by atoms with E-state index in [1.54, 1.807) is 11.3 Å². The van der Waals surface area contributed by atoms with E-state index in [2.05, 4.69) is 25.3 Å². The molecule has 1 N–H and O–H groups in total.